The van der Waals surface area contributed by atoms with Crippen LogP contribution < -0.4 is 10.4 Å². The van der Waals surface area contributed by atoms with Crippen molar-refractivity contribution in [2.75, 3.05) is 13.7 Å². The van der Waals surface area contributed by atoms with Crippen molar-refractivity contribution in [3.63, 3.8) is 0 Å². The molecule has 0 radical (unpaired) electrons. The van der Waals surface area contributed by atoms with Crippen LogP contribution in [0.3, 0.4) is 0 Å². The van der Waals surface area contributed by atoms with Crippen LogP contribution in [-0.4, -0.2) is 58.6 Å². The fourth-order valence-corrected chi connectivity index (χ4v) is 10.4. The van der Waals surface area contributed by atoms with Gasteiger partial charge in [-0.2, -0.15) is 0 Å². The summed E-state index contributed by atoms with van der Waals surface area (Å²) in [5.41, 5.74) is 0.732. The molecule has 4 atom stereocenters. The molecule has 0 aromatic heterocycles. The standard InChI is InChI=1S/C36H38O7Si/c1-36(2,3)44(28-21-13-7-14-22-28,29-23-15-8-16-24-29)40-25-30-31(42-33(37)26-17-9-5-10-18-26)32(35(39-4)41-30)43-34(38)27-19-11-6-12-20-27/h5-24,30-32,35H,25H2,1-4H3. The van der Waals surface area contributed by atoms with E-state index in [1.807, 2.05) is 48.5 Å². The summed E-state index contributed by atoms with van der Waals surface area (Å²) in [6, 6.07) is 37.8. The first kappa shape index (κ1) is 31.3. The monoisotopic (exact) mass is 610 g/mol. The first-order valence-corrected chi connectivity index (χ1v) is 16.6. The Morgan fingerprint density at radius 1 is 0.659 bits per heavy atom. The van der Waals surface area contributed by atoms with Crippen LogP contribution in [0.1, 0.15) is 41.5 Å². The summed E-state index contributed by atoms with van der Waals surface area (Å²) in [6.45, 7) is 6.62. The number of esters is 2. The molecule has 0 aliphatic carbocycles. The fourth-order valence-electron chi connectivity index (χ4n) is 5.78. The second-order valence-electron chi connectivity index (χ2n) is 11.7. The van der Waals surface area contributed by atoms with E-state index in [4.69, 9.17) is 23.4 Å². The molecular formula is C36H38O7Si. The van der Waals surface area contributed by atoms with Crippen molar-refractivity contribution in [3.05, 3.63) is 132 Å². The number of rotatable bonds is 10. The minimum atomic E-state index is -2.96. The van der Waals surface area contributed by atoms with E-state index in [9.17, 15) is 9.59 Å². The molecule has 4 unspecified atom stereocenters. The molecule has 8 heteroatoms. The minimum Gasteiger partial charge on any atom is -0.452 e. The second-order valence-corrected chi connectivity index (χ2v) is 16.0. The van der Waals surface area contributed by atoms with Gasteiger partial charge in [-0.1, -0.05) is 118 Å². The average molecular weight is 611 g/mol. The van der Waals surface area contributed by atoms with Crippen molar-refractivity contribution < 1.29 is 33.0 Å². The third-order valence-electron chi connectivity index (χ3n) is 7.89. The van der Waals surface area contributed by atoms with Crippen molar-refractivity contribution in [2.45, 2.75) is 50.4 Å². The molecule has 1 aliphatic heterocycles. The van der Waals surface area contributed by atoms with Crippen LogP contribution in [0.15, 0.2) is 121 Å². The number of hydrogen-bond donors (Lipinski definition) is 0. The van der Waals surface area contributed by atoms with Gasteiger partial charge in [0.25, 0.3) is 8.32 Å². The normalized spacial score (nSPS) is 20.2. The number of carbonyl (C=O) groups excluding carboxylic acids is 2. The van der Waals surface area contributed by atoms with Crippen LogP contribution >= 0.6 is 0 Å². The Labute approximate surface area is 259 Å². The zero-order chi connectivity index (χ0) is 31.2. The zero-order valence-electron chi connectivity index (χ0n) is 25.4. The Kier molecular flexibility index (Phi) is 9.76. The summed E-state index contributed by atoms with van der Waals surface area (Å²) in [6.07, 6.45) is -3.81. The molecule has 44 heavy (non-hydrogen) atoms. The van der Waals surface area contributed by atoms with E-state index < -0.39 is 44.9 Å². The molecule has 1 heterocycles. The van der Waals surface area contributed by atoms with Gasteiger partial charge in [-0.05, 0) is 39.7 Å². The van der Waals surface area contributed by atoms with Gasteiger partial charge in [0.15, 0.2) is 18.5 Å². The summed E-state index contributed by atoms with van der Waals surface area (Å²) >= 11 is 0. The maximum atomic E-state index is 13.4. The Bertz CT molecular complexity index is 1470. The summed E-state index contributed by atoms with van der Waals surface area (Å²) < 4.78 is 31.1. The minimum absolute atomic E-state index is 0.0687. The quantitative estimate of drug-likeness (QED) is 0.176. The van der Waals surface area contributed by atoms with Crippen molar-refractivity contribution in [1.29, 1.82) is 0 Å². The highest BCUT2D eigenvalue weighted by molar-refractivity contribution is 6.99. The Hall–Kier alpha value is -4.08. The number of benzene rings is 4. The molecule has 1 aliphatic rings. The first-order valence-electron chi connectivity index (χ1n) is 14.7. The van der Waals surface area contributed by atoms with Crippen LogP contribution in [0.4, 0.5) is 0 Å². The molecule has 4 aromatic rings. The van der Waals surface area contributed by atoms with Crippen LogP contribution in [-0.2, 0) is 23.4 Å². The van der Waals surface area contributed by atoms with Gasteiger partial charge < -0.3 is 23.4 Å². The predicted octanol–water partition coefficient (Wildman–Crippen LogP) is 5.39. The topological polar surface area (TPSA) is 80.3 Å². The van der Waals surface area contributed by atoms with Crippen LogP contribution in [0.5, 0.6) is 0 Å². The van der Waals surface area contributed by atoms with Gasteiger partial charge >= 0.3 is 11.9 Å². The maximum absolute atomic E-state index is 13.4. The lowest BCUT2D eigenvalue weighted by atomic mass is 10.1. The second kappa shape index (κ2) is 13.7. The van der Waals surface area contributed by atoms with E-state index in [0.717, 1.165) is 10.4 Å². The smallest absolute Gasteiger partial charge is 0.338 e. The summed E-state index contributed by atoms with van der Waals surface area (Å²) in [7, 11) is -1.49. The SMILES string of the molecule is COC1OC(CO[Si](c2ccccc2)(c2ccccc2)C(C)(C)C)C(OC(=O)c2ccccc2)C1OC(=O)c1ccccc1. The van der Waals surface area contributed by atoms with Gasteiger partial charge in [-0.3, -0.25) is 0 Å². The van der Waals surface area contributed by atoms with E-state index in [1.54, 1.807) is 48.5 Å². The lowest BCUT2D eigenvalue weighted by Gasteiger charge is -2.43. The molecule has 1 saturated heterocycles. The van der Waals surface area contributed by atoms with Gasteiger partial charge in [-0.25, -0.2) is 9.59 Å². The highest BCUT2D eigenvalue weighted by Gasteiger charge is 2.54. The van der Waals surface area contributed by atoms with E-state index in [1.165, 1.54) is 7.11 Å². The van der Waals surface area contributed by atoms with Gasteiger partial charge in [0, 0.05) is 7.11 Å². The van der Waals surface area contributed by atoms with Gasteiger partial charge in [0.2, 0.25) is 0 Å². The molecule has 5 rings (SSSR count). The van der Waals surface area contributed by atoms with Gasteiger partial charge in [0.05, 0.1) is 17.7 Å². The largest absolute Gasteiger partial charge is 0.452 e. The molecule has 228 valence electrons. The first-order chi connectivity index (χ1) is 21.2. The van der Waals surface area contributed by atoms with Crippen molar-refractivity contribution >= 4 is 30.6 Å². The summed E-state index contributed by atoms with van der Waals surface area (Å²) in [5, 5.41) is 1.92. The maximum Gasteiger partial charge on any atom is 0.338 e. The third-order valence-corrected chi connectivity index (χ3v) is 12.9. The zero-order valence-corrected chi connectivity index (χ0v) is 26.4. The molecule has 0 N–H and O–H groups in total. The van der Waals surface area contributed by atoms with Gasteiger partial charge in [0.1, 0.15) is 6.10 Å². The molecule has 0 spiro atoms. The van der Waals surface area contributed by atoms with Gasteiger partial charge in [-0.15, -0.1) is 0 Å². The number of hydrogen-bond acceptors (Lipinski definition) is 7. The fraction of sp³-hybridized carbons (Fsp3) is 0.278. The Balaban J connectivity index is 1.51. The molecule has 0 saturated carbocycles. The predicted molar refractivity (Wildman–Crippen MR) is 171 cm³/mol. The van der Waals surface area contributed by atoms with Crippen LogP contribution in [0.2, 0.25) is 5.04 Å². The van der Waals surface area contributed by atoms with E-state index in [-0.39, 0.29) is 11.6 Å². The Morgan fingerprint density at radius 3 is 1.48 bits per heavy atom. The highest BCUT2D eigenvalue weighted by Crippen LogP contribution is 2.38. The molecule has 4 aromatic carbocycles. The number of methoxy groups -OCH3 is 1. The van der Waals surface area contributed by atoms with Crippen LogP contribution in [0, 0.1) is 0 Å². The number of ether oxygens (including phenoxy) is 4. The van der Waals surface area contributed by atoms with Crippen molar-refractivity contribution in [1.82, 2.24) is 0 Å². The lowest BCUT2D eigenvalue weighted by Crippen LogP contribution is -2.67. The summed E-state index contributed by atoms with van der Waals surface area (Å²) in [5.74, 6) is -1.14. The van der Waals surface area contributed by atoms with Crippen molar-refractivity contribution in [3.8, 4) is 0 Å². The van der Waals surface area contributed by atoms with E-state index in [0.29, 0.717) is 11.1 Å². The van der Waals surface area contributed by atoms with Crippen molar-refractivity contribution in [2.24, 2.45) is 0 Å². The molecular weight excluding hydrogens is 572 g/mol. The molecule has 0 amide bonds. The lowest BCUT2D eigenvalue weighted by molar-refractivity contribution is -0.153. The molecule has 0 bridgehead atoms. The van der Waals surface area contributed by atoms with E-state index >= 15 is 0 Å². The third kappa shape index (κ3) is 6.54. The Morgan fingerprint density at radius 2 is 1.07 bits per heavy atom. The van der Waals surface area contributed by atoms with E-state index in [2.05, 4.69) is 45.0 Å². The average Bonchev–Trinajstić information content (AvgIpc) is 3.37. The summed E-state index contributed by atoms with van der Waals surface area (Å²) in [4.78, 5) is 26.5. The number of carbonyl (C=O) groups is 2. The molecule has 1 fully saturated rings. The van der Waals surface area contributed by atoms with Crippen LogP contribution in [0.25, 0.3) is 0 Å². The highest BCUT2D eigenvalue weighted by atomic mass is 28.4. The molecule has 7 nitrogen and oxygen atoms in total.